The minimum absolute atomic E-state index is 0.0670. The Morgan fingerprint density at radius 1 is 1.07 bits per heavy atom. The Kier molecular flexibility index (Phi) is 4.62. The molecule has 0 unspecified atom stereocenters. The summed E-state index contributed by atoms with van der Waals surface area (Å²) in [5.41, 5.74) is 3.63. The number of β-amino-alcohol motifs (C(OH)–C–C–N with tert-alkyl or cyclic N) is 1. The Bertz CT molecular complexity index is 985. The molecule has 0 radical (unpaired) electrons. The zero-order valence-electron chi connectivity index (χ0n) is 15.6. The summed E-state index contributed by atoms with van der Waals surface area (Å²) in [5.74, 6) is -0.0670. The van der Waals surface area contributed by atoms with Crippen LogP contribution in [0.2, 0.25) is 0 Å². The van der Waals surface area contributed by atoms with E-state index >= 15 is 0 Å². The monoisotopic (exact) mass is 393 g/mol. The number of para-hydroxylation sites is 1. The molecular formula is C22H23N3O2S. The van der Waals surface area contributed by atoms with E-state index in [1.165, 1.54) is 22.5 Å². The third-order valence-corrected chi connectivity index (χ3v) is 6.96. The molecule has 0 aliphatic carbocycles. The van der Waals surface area contributed by atoms with Crippen molar-refractivity contribution < 1.29 is 9.90 Å². The molecule has 1 aromatic heterocycles. The number of aliphatic hydroxyl groups is 1. The molecule has 2 aliphatic rings. The Morgan fingerprint density at radius 2 is 1.86 bits per heavy atom. The lowest BCUT2D eigenvalue weighted by Crippen LogP contribution is -2.56. The molecule has 1 amide bonds. The second kappa shape index (κ2) is 7.28. The Hall–Kier alpha value is -2.28. The molecule has 2 atom stereocenters. The minimum Gasteiger partial charge on any atom is -0.390 e. The number of amides is 1. The number of thiazole rings is 1. The Morgan fingerprint density at radius 3 is 2.68 bits per heavy atom. The van der Waals surface area contributed by atoms with E-state index in [1.807, 2.05) is 24.3 Å². The van der Waals surface area contributed by atoms with E-state index in [0.29, 0.717) is 18.1 Å². The van der Waals surface area contributed by atoms with E-state index in [9.17, 15) is 9.90 Å². The quantitative estimate of drug-likeness (QED) is 0.727. The van der Waals surface area contributed by atoms with Crippen molar-refractivity contribution >= 4 is 27.5 Å². The standard InChI is InChI=1S/C22H23N3O2S/c26-19-14-25(22(27)21-23-17-7-3-4-8-20(17)28-21)12-10-18(19)24-11-9-15-5-1-2-6-16(15)13-24/h1-8,18-19,26H,9-14H2/t18-,19-/m1/s1. The van der Waals surface area contributed by atoms with Crippen LogP contribution in [0.3, 0.4) is 0 Å². The number of piperidine rings is 1. The van der Waals surface area contributed by atoms with Crippen molar-refractivity contribution in [1.82, 2.24) is 14.8 Å². The maximum atomic E-state index is 12.9. The Labute approximate surface area is 168 Å². The van der Waals surface area contributed by atoms with E-state index in [2.05, 4.69) is 34.1 Å². The van der Waals surface area contributed by atoms with Gasteiger partial charge in [0.15, 0.2) is 5.01 Å². The van der Waals surface area contributed by atoms with Gasteiger partial charge in [0.25, 0.3) is 5.91 Å². The highest BCUT2D eigenvalue weighted by Crippen LogP contribution is 2.27. The van der Waals surface area contributed by atoms with Gasteiger partial charge in [-0.25, -0.2) is 4.98 Å². The van der Waals surface area contributed by atoms with Crippen LogP contribution in [0.15, 0.2) is 48.5 Å². The maximum absolute atomic E-state index is 12.9. The number of hydrogen-bond donors (Lipinski definition) is 1. The van der Waals surface area contributed by atoms with Gasteiger partial charge in [0.2, 0.25) is 0 Å². The van der Waals surface area contributed by atoms with E-state index < -0.39 is 6.10 Å². The first-order chi connectivity index (χ1) is 13.7. The van der Waals surface area contributed by atoms with Gasteiger partial charge >= 0.3 is 0 Å². The summed E-state index contributed by atoms with van der Waals surface area (Å²) < 4.78 is 1.02. The fourth-order valence-electron chi connectivity index (χ4n) is 4.43. The molecule has 144 valence electrons. The summed E-state index contributed by atoms with van der Waals surface area (Å²) in [6.45, 7) is 2.88. The van der Waals surface area contributed by atoms with E-state index in [1.54, 1.807) is 4.90 Å². The molecule has 5 rings (SSSR count). The van der Waals surface area contributed by atoms with Gasteiger partial charge in [-0.1, -0.05) is 36.4 Å². The summed E-state index contributed by atoms with van der Waals surface area (Å²) in [6, 6.07) is 16.5. The number of carbonyl (C=O) groups is 1. The van der Waals surface area contributed by atoms with Gasteiger partial charge in [-0.3, -0.25) is 9.69 Å². The molecule has 1 fully saturated rings. The van der Waals surface area contributed by atoms with Gasteiger partial charge < -0.3 is 10.0 Å². The fourth-order valence-corrected chi connectivity index (χ4v) is 5.36. The first kappa shape index (κ1) is 17.8. The molecule has 1 saturated heterocycles. The predicted molar refractivity (Wildman–Crippen MR) is 110 cm³/mol. The van der Waals surface area contributed by atoms with Gasteiger partial charge in [-0.15, -0.1) is 11.3 Å². The first-order valence-electron chi connectivity index (χ1n) is 9.83. The molecular weight excluding hydrogens is 370 g/mol. The highest BCUT2D eigenvalue weighted by molar-refractivity contribution is 7.20. The van der Waals surface area contributed by atoms with Gasteiger partial charge in [-0.05, 0) is 36.1 Å². The van der Waals surface area contributed by atoms with Crippen LogP contribution in [-0.2, 0) is 13.0 Å². The molecule has 2 aromatic carbocycles. The van der Waals surface area contributed by atoms with Crippen molar-refractivity contribution in [2.45, 2.75) is 31.5 Å². The number of benzene rings is 2. The topological polar surface area (TPSA) is 56.7 Å². The van der Waals surface area contributed by atoms with Crippen LogP contribution in [-0.4, -0.2) is 57.6 Å². The van der Waals surface area contributed by atoms with Crippen molar-refractivity contribution in [3.8, 4) is 0 Å². The average Bonchev–Trinajstić information content (AvgIpc) is 3.17. The van der Waals surface area contributed by atoms with Crippen molar-refractivity contribution in [1.29, 1.82) is 0 Å². The maximum Gasteiger partial charge on any atom is 0.282 e. The van der Waals surface area contributed by atoms with E-state index in [4.69, 9.17) is 0 Å². The van der Waals surface area contributed by atoms with Crippen molar-refractivity contribution in [3.05, 3.63) is 64.7 Å². The lowest BCUT2D eigenvalue weighted by atomic mass is 9.94. The number of nitrogens with zero attached hydrogens (tertiary/aromatic N) is 3. The van der Waals surface area contributed by atoms with Crippen LogP contribution < -0.4 is 0 Å². The first-order valence-corrected chi connectivity index (χ1v) is 10.6. The molecule has 3 heterocycles. The van der Waals surface area contributed by atoms with Gasteiger partial charge in [0.1, 0.15) is 0 Å². The largest absolute Gasteiger partial charge is 0.390 e. The van der Waals surface area contributed by atoms with E-state index in [-0.39, 0.29) is 11.9 Å². The number of hydrogen-bond acceptors (Lipinski definition) is 5. The number of aliphatic hydroxyl groups excluding tert-OH is 1. The lowest BCUT2D eigenvalue weighted by molar-refractivity contribution is -0.0137. The number of likely N-dealkylation sites (tertiary alicyclic amines) is 1. The van der Waals surface area contributed by atoms with Gasteiger partial charge in [0.05, 0.1) is 16.3 Å². The number of carbonyl (C=O) groups excluding carboxylic acids is 1. The zero-order chi connectivity index (χ0) is 19.1. The van der Waals surface area contributed by atoms with Crippen molar-refractivity contribution in [2.75, 3.05) is 19.6 Å². The minimum atomic E-state index is -0.530. The number of aromatic nitrogens is 1. The molecule has 0 saturated carbocycles. The van der Waals surface area contributed by atoms with Crippen molar-refractivity contribution in [3.63, 3.8) is 0 Å². The SMILES string of the molecule is O=C(c1nc2ccccc2s1)N1CC[C@@H](N2CCc3ccccc3C2)[C@H](O)C1. The molecule has 28 heavy (non-hydrogen) atoms. The van der Waals surface area contributed by atoms with Gasteiger partial charge in [-0.2, -0.15) is 0 Å². The summed E-state index contributed by atoms with van der Waals surface area (Å²) >= 11 is 1.43. The van der Waals surface area contributed by atoms with Crippen LogP contribution in [0.1, 0.15) is 27.3 Å². The fraction of sp³-hybridized carbons (Fsp3) is 0.364. The van der Waals surface area contributed by atoms with Crippen LogP contribution in [0.4, 0.5) is 0 Å². The molecule has 0 spiro atoms. The van der Waals surface area contributed by atoms with Crippen LogP contribution in [0.5, 0.6) is 0 Å². The summed E-state index contributed by atoms with van der Waals surface area (Å²) in [6.07, 6.45) is 1.28. The number of fused-ring (bicyclic) bond motifs is 2. The lowest BCUT2D eigenvalue weighted by Gasteiger charge is -2.43. The van der Waals surface area contributed by atoms with Crippen molar-refractivity contribution in [2.24, 2.45) is 0 Å². The zero-order valence-corrected chi connectivity index (χ0v) is 16.4. The summed E-state index contributed by atoms with van der Waals surface area (Å²) in [7, 11) is 0. The average molecular weight is 394 g/mol. The van der Waals surface area contributed by atoms with Gasteiger partial charge in [0, 0.05) is 32.2 Å². The summed E-state index contributed by atoms with van der Waals surface area (Å²) in [4.78, 5) is 21.5. The molecule has 1 N–H and O–H groups in total. The van der Waals surface area contributed by atoms with Crippen LogP contribution >= 0.6 is 11.3 Å². The summed E-state index contributed by atoms with van der Waals surface area (Å²) in [5, 5.41) is 11.3. The highest BCUT2D eigenvalue weighted by atomic mass is 32.1. The second-order valence-electron chi connectivity index (χ2n) is 7.65. The molecule has 3 aromatic rings. The Balaban J connectivity index is 1.27. The molecule has 6 heteroatoms. The smallest absolute Gasteiger partial charge is 0.282 e. The number of rotatable bonds is 2. The molecule has 0 bridgehead atoms. The van der Waals surface area contributed by atoms with Crippen LogP contribution in [0.25, 0.3) is 10.2 Å². The molecule has 5 nitrogen and oxygen atoms in total. The molecule has 2 aliphatic heterocycles. The predicted octanol–water partition coefficient (Wildman–Crippen LogP) is 2.93. The second-order valence-corrected chi connectivity index (χ2v) is 8.68. The van der Waals surface area contributed by atoms with Crippen LogP contribution in [0, 0.1) is 0 Å². The highest BCUT2D eigenvalue weighted by Gasteiger charge is 2.36. The third-order valence-electron chi connectivity index (χ3n) is 5.94. The normalized spacial score (nSPS) is 23.0. The third kappa shape index (κ3) is 3.21. The van der Waals surface area contributed by atoms with E-state index in [0.717, 1.165) is 36.1 Å².